The van der Waals surface area contributed by atoms with Crippen molar-refractivity contribution in [2.45, 2.75) is 25.8 Å². The minimum Gasteiger partial charge on any atom is -0.383 e. The summed E-state index contributed by atoms with van der Waals surface area (Å²) in [7, 11) is 1.70. The third-order valence-electron chi connectivity index (χ3n) is 3.02. The molecule has 18 heavy (non-hydrogen) atoms. The van der Waals surface area contributed by atoms with Crippen LogP contribution in [0.15, 0.2) is 18.2 Å². The van der Waals surface area contributed by atoms with Gasteiger partial charge in [-0.05, 0) is 24.6 Å². The van der Waals surface area contributed by atoms with E-state index in [0.717, 1.165) is 23.9 Å². The minimum atomic E-state index is 0.198. The van der Waals surface area contributed by atoms with E-state index in [4.69, 9.17) is 22.1 Å². The van der Waals surface area contributed by atoms with Crippen LogP contribution in [0.2, 0.25) is 5.02 Å². The highest BCUT2D eigenvalue weighted by molar-refractivity contribution is 6.31. The molecule has 0 fully saturated rings. The molecule has 2 rings (SSSR count). The molecular weight excluding hydrogens is 250 g/mol. The van der Waals surface area contributed by atoms with E-state index in [1.807, 2.05) is 22.8 Å². The number of methoxy groups -OCH3 is 1. The van der Waals surface area contributed by atoms with Crippen LogP contribution < -0.4 is 5.73 Å². The number of nitrogens with zero attached hydrogens (tertiary/aromatic N) is 2. The van der Waals surface area contributed by atoms with E-state index in [-0.39, 0.29) is 6.04 Å². The summed E-state index contributed by atoms with van der Waals surface area (Å²) >= 11 is 6.05. The third-order valence-corrected chi connectivity index (χ3v) is 3.26. The summed E-state index contributed by atoms with van der Waals surface area (Å²) in [6.45, 7) is 2.76. The van der Waals surface area contributed by atoms with E-state index in [1.165, 1.54) is 0 Å². The number of halogens is 1. The minimum absolute atomic E-state index is 0.198. The smallest absolute Gasteiger partial charge is 0.201 e. The summed E-state index contributed by atoms with van der Waals surface area (Å²) < 4.78 is 7.30. The van der Waals surface area contributed by atoms with Gasteiger partial charge >= 0.3 is 0 Å². The van der Waals surface area contributed by atoms with Crippen molar-refractivity contribution >= 4 is 28.6 Å². The van der Waals surface area contributed by atoms with Gasteiger partial charge in [0.05, 0.1) is 23.7 Å². The van der Waals surface area contributed by atoms with Crippen molar-refractivity contribution < 1.29 is 4.74 Å². The van der Waals surface area contributed by atoms with Gasteiger partial charge in [-0.3, -0.25) is 0 Å². The molecule has 2 aromatic rings. The van der Waals surface area contributed by atoms with Crippen LogP contribution in [-0.4, -0.2) is 23.3 Å². The second-order valence-corrected chi connectivity index (χ2v) is 4.81. The number of aromatic nitrogens is 2. The van der Waals surface area contributed by atoms with Crippen LogP contribution in [-0.2, 0) is 4.74 Å². The standard InChI is InChI=1S/C13H18ClN3O/c1-3-4-10(8-18-2)17-12-7-9(14)5-6-11(12)16-13(17)15/h5-7,10H,3-4,8H2,1-2H3,(H2,15,16). The van der Waals surface area contributed by atoms with Crippen LogP contribution in [0.1, 0.15) is 25.8 Å². The van der Waals surface area contributed by atoms with Crippen LogP contribution in [0, 0.1) is 0 Å². The van der Waals surface area contributed by atoms with Gasteiger partial charge in [0, 0.05) is 12.1 Å². The first-order chi connectivity index (χ1) is 8.67. The predicted molar refractivity (Wildman–Crippen MR) is 75.0 cm³/mol. The first-order valence-corrected chi connectivity index (χ1v) is 6.47. The lowest BCUT2D eigenvalue weighted by Crippen LogP contribution is -2.16. The van der Waals surface area contributed by atoms with Gasteiger partial charge in [-0.1, -0.05) is 24.9 Å². The van der Waals surface area contributed by atoms with Gasteiger partial charge in [0.2, 0.25) is 5.95 Å². The fourth-order valence-corrected chi connectivity index (χ4v) is 2.45. The number of nitrogen functional groups attached to an aromatic ring is 1. The lowest BCUT2D eigenvalue weighted by atomic mass is 10.1. The molecule has 0 spiro atoms. The maximum Gasteiger partial charge on any atom is 0.201 e. The van der Waals surface area contributed by atoms with E-state index in [0.29, 0.717) is 17.6 Å². The maximum absolute atomic E-state index is 6.05. The Kier molecular flexibility index (Phi) is 4.09. The number of hydrogen-bond donors (Lipinski definition) is 1. The number of ether oxygens (including phenoxy) is 1. The average Bonchev–Trinajstić information content (AvgIpc) is 2.64. The molecule has 1 unspecified atom stereocenters. The Morgan fingerprint density at radius 1 is 1.50 bits per heavy atom. The Morgan fingerprint density at radius 3 is 2.94 bits per heavy atom. The molecule has 0 aliphatic rings. The van der Waals surface area contributed by atoms with Crippen molar-refractivity contribution in [2.75, 3.05) is 19.5 Å². The van der Waals surface area contributed by atoms with Gasteiger partial charge in [-0.2, -0.15) is 0 Å². The van der Waals surface area contributed by atoms with Crippen LogP contribution in [0.25, 0.3) is 11.0 Å². The first-order valence-electron chi connectivity index (χ1n) is 6.09. The number of benzene rings is 1. The van der Waals surface area contributed by atoms with Gasteiger partial charge in [0.25, 0.3) is 0 Å². The monoisotopic (exact) mass is 267 g/mol. The summed E-state index contributed by atoms with van der Waals surface area (Å²) in [5.41, 5.74) is 7.86. The quantitative estimate of drug-likeness (QED) is 0.905. The largest absolute Gasteiger partial charge is 0.383 e. The molecule has 2 N–H and O–H groups in total. The molecule has 0 aliphatic carbocycles. The molecule has 98 valence electrons. The number of hydrogen-bond acceptors (Lipinski definition) is 3. The van der Waals surface area contributed by atoms with Crippen LogP contribution in [0.4, 0.5) is 5.95 Å². The normalized spacial score (nSPS) is 13.1. The van der Waals surface area contributed by atoms with Gasteiger partial charge in [0.15, 0.2) is 0 Å². The lowest BCUT2D eigenvalue weighted by molar-refractivity contribution is 0.153. The molecule has 1 atom stereocenters. The molecular formula is C13H18ClN3O. The highest BCUT2D eigenvalue weighted by Crippen LogP contribution is 2.27. The zero-order valence-electron chi connectivity index (χ0n) is 10.7. The number of rotatable bonds is 5. The van der Waals surface area contributed by atoms with E-state index in [9.17, 15) is 0 Å². The van der Waals surface area contributed by atoms with Crippen molar-refractivity contribution in [1.82, 2.24) is 9.55 Å². The number of imidazole rings is 1. The zero-order valence-corrected chi connectivity index (χ0v) is 11.4. The van der Waals surface area contributed by atoms with Gasteiger partial charge in [-0.25, -0.2) is 4.98 Å². The van der Waals surface area contributed by atoms with Crippen molar-refractivity contribution in [3.8, 4) is 0 Å². The summed E-state index contributed by atoms with van der Waals surface area (Å²) in [4.78, 5) is 4.37. The molecule has 0 radical (unpaired) electrons. The number of nitrogens with two attached hydrogens (primary N) is 1. The predicted octanol–water partition coefficient (Wildman–Crippen LogP) is 3.26. The summed E-state index contributed by atoms with van der Waals surface area (Å²) in [6, 6.07) is 5.81. The molecule has 1 heterocycles. The van der Waals surface area contributed by atoms with E-state index in [2.05, 4.69) is 11.9 Å². The van der Waals surface area contributed by atoms with Gasteiger partial charge in [-0.15, -0.1) is 0 Å². The van der Waals surface area contributed by atoms with Crippen molar-refractivity contribution in [2.24, 2.45) is 0 Å². The maximum atomic E-state index is 6.05. The van der Waals surface area contributed by atoms with E-state index >= 15 is 0 Å². The van der Waals surface area contributed by atoms with Gasteiger partial charge < -0.3 is 15.0 Å². The zero-order chi connectivity index (χ0) is 13.1. The topological polar surface area (TPSA) is 53.1 Å². The fraction of sp³-hybridized carbons (Fsp3) is 0.462. The highest BCUT2D eigenvalue weighted by atomic mass is 35.5. The summed E-state index contributed by atoms with van der Waals surface area (Å²) in [5, 5.41) is 0.691. The first kappa shape index (κ1) is 13.2. The number of fused-ring (bicyclic) bond motifs is 1. The third kappa shape index (κ3) is 2.44. The Morgan fingerprint density at radius 2 is 2.28 bits per heavy atom. The highest BCUT2D eigenvalue weighted by Gasteiger charge is 2.17. The van der Waals surface area contributed by atoms with Crippen LogP contribution >= 0.6 is 11.6 Å². The molecule has 0 saturated carbocycles. The van der Waals surface area contributed by atoms with E-state index < -0.39 is 0 Å². The second kappa shape index (κ2) is 5.59. The molecule has 1 aromatic heterocycles. The van der Waals surface area contributed by atoms with Crippen LogP contribution in [0.5, 0.6) is 0 Å². The molecule has 0 bridgehead atoms. The Balaban J connectivity index is 2.52. The molecule has 1 aromatic carbocycles. The summed E-state index contributed by atoms with van der Waals surface area (Å²) in [6.07, 6.45) is 2.06. The molecule has 0 aliphatic heterocycles. The SMILES string of the molecule is CCCC(COC)n1c(N)nc2ccc(Cl)cc21. The van der Waals surface area contributed by atoms with Crippen LogP contribution in [0.3, 0.4) is 0 Å². The summed E-state index contributed by atoms with van der Waals surface area (Å²) in [5.74, 6) is 0.516. The van der Waals surface area contributed by atoms with Gasteiger partial charge in [0.1, 0.15) is 0 Å². The van der Waals surface area contributed by atoms with E-state index in [1.54, 1.807) is 7.11 Å². The molecule has 0 amide bonds. The Labute approximate surface area is 112 Å². The second-order valence-electron chi connectivity index (χ2n) is 4.37. The average molecular weight is 268 g/mol. The number of anilines is 1. The Bertz CT molecular complexity index is 532. The lowest BCUT2D eigenvalue weighted by Gasteiger charge is -2.19. The molecule has 4 nitrogen and oxygen atoms in total. The fourth-order valence-electron chi connectivity index (χ4n) is 2.28. The van der Waals surface area contributed by atoms with Crippen molar-refractivity contribution in [1.29, 1.82) is 0 Å². The van der Waals surface area contributed by atoms with Crippen molar-refractivity contribution in [3.05, 3.63) is 23.2 Å². The van der Waals surface area contributed by atoms with Crippen molar-refractivity contribution in [3.63, 3.8) is 0 Å². The molecule has 0 saturated heterocycles. The Hall–Kier alpha value is -1.26. The molecule has 5 heteroatoms.